The third kappa shape index (κ3) is 3.68. The molecule has 0 bridgehead atoms. The summed E-state index contributed by atoms with van der Waals surface area (Å²) in [7, 11) is 0. The fourth-order valence-corrected chi connectivity index (χ4v) is 2.98. The van der Waals surface area contributed by atoms with Gasteiger partial charge >= 0.3 is 5.69 Å². The van der Waals surface area contributed by atoms with Gasteiger partial charge in [-0.2, -0.15) is 5.10 Å². The summed E-state index contributed by atoms with van der Waals surface area (Å²) < 4.78 is 5.22. The van der Waals surface area contributed by atoms with Crippen molar-refractivity contribution >= 4 is 33.3 Å². The van der Waals surface area contributed by atoms with Gasteiger partial charge in [0.05, 0.1) is 12.7 Å². The summed E-state index contributed by atoms with van der Waals surface area (Å²) in [5, 5.41) is 11.2. The number of rotatable bonds is 5. The number of carbonyl (C=O) groups excluding carboxylic acids is 1. The maximum atomic E-state index is 12.4. The molecule has 0 aliphatic heterocycles. The molecule has 0 atom stereocenters. The highest BCUT2D eigenvalue weighted by molar-refractivity contribution is 9.10. The number of hydrogen-bond donors (Lipinski definition) is 1. The van der Waals surface area contributed by atoms with Crippen LogP contribution in [0.3, 0.4) is 0 Å². The number of anilines is 1. The highest BCUT2D eigenvalue weighted by atomic mass is 79.9. The zero-order valence-corrected chi connectivity index (χ0v) is 15.7. The molecule has 136 valence electrons. The molecule has 0 spiro atoms. The quantitative estimate of drug-likeness (QED) is 0.529. The van der Waals surface area contributed by atoms with Crippen molar-refractivity contribution in [3.8, 4) is 0 Å². The van der Waals surface area contributed by atoms with Crippen molar-refractivity contribution in [2.24, 2.45) is 0 Å². The summed E-state index contributed by atoms with van der Waals surface area (Å²) in [5.41, 5.74) is 1.19. The standard InChI is InChI=1S/C18H15BrN6O2/c19-14-6-4-13(5-7-14)11-24-15(8-9-20-24)21-17(26)12-25-18(27)23-10-2-1-3-16(23)22-25/h1-10H,11-12H2,(H,21,26). The molecule has 1 N–H and O–H groups in total. The molecule has 0 saturated carbocycles. The van der Waals surface area contributed by atoms with Gasteiger partial charge in [0.2, 0.25) is 5.91 Å². The van der Waals surface area contributed by atoms with Crippen LogP contribution in [0.4, 0.5) is 5.82 Å². The van der Waals surface area contributed by atoms with E-state index in [4.69, 9.17) is 0 Å². The minimum atomic E-state index is -0.357. The molecule has 4 rings (SSSR count). The van der Waals surface area contributed by atoms with Gasteiger partial charge in [-0.3, -0.25) is 9.20 Å². The van der Waals surface area contributed by atoms with E-state index in [2.05, 4.69) is 31.4 Å². The van der Waals surface area contributed by atoms with E-state index in [1.165, 1.54) is 4.40 Å². The van der Waals surface area contributed by atoms with Crippen molar-refractivity contribution < 1.29 is 4.79 Å². The third-order valence-corrected chi connectivity index (χ3v) is 4.54. The number of halogens is 1. The molecule has 0 aliphatic rings. The van der Waals surface area contributed by atoms with Crippen molar-refractivity contribution in [1.82, 2.24) is 24.0 Å². The van der Waals surface area contributed by atoms with Gasteiger partial charge in [0.15, 0.2) is 5.65 Å². The molecular weight excluding hydrogens is 412 g/mol. The molecular formula is C18H15BrN6O2. The van der Waals surface area contributed by atoms with Crippen molar-refractivity contribution in [2.75, 3.05) is 5.32 Å². The lowest BCUT2D eigenvalue weighted by Gasteiger charge is -2.09. The molecule has 27 heavy (non-hydrogen) atoms. The molecule has 0 unspecified atom stereocenters. The fourth-order valence-electron chi connectivity index (χ4n) is 2.72. The molecule has 0 saturated heterocycles. The Labute approximate surface area is 162 Å². The van der Waals surface area contributed by atoms with Crippen LogP contribution in [0.1, 0.15) is 5.56 Å². The van der Waals surface area contributed by atoms with E-state index in [1.807, 2.05) is 24.3 Å². The predicted molar refractivity (Wildman–Crippen MR) is 104 cm³/mol. The predicted octanol–water partition coefficient (Wildman–Crippen LogP) is 2.14. The maximum absolute atomic E-state index is 12.4. The van der Waals surface area contributed by atoms with Crippen LogP contribution in [0.15, 0.2) is 70.2 Å². The first-order valence-electron chi connectivity index (χ1n) is 8.20. The average molecular weight is 427 g/mol. The van der Waals surface area contributed by atoms with E-state index in [1.54, 1.807) is 41.3 Å². The monoisotopic (exact) mass is 426 g/mol. The normalized spacial score (nSPS) is 11.0. The van der Waals surface area contributed by atoms with Gasteiger partial charge in [0.1, 0.15) is 12.4 Å². The SMILES string of the molecule is O=C(Cn1nc2ccccn2c1=O)Nc1ccnn1Cc1ccc(Br)cc1. The van der Waals surface area contributed by atoms with Gasteiger partial charge in [-0.05, 0) is 29.8 Å². The van der Waals surface area contributed by atoms with Crippen LogP contribution in [0, 0.1) is 0 Å². The van der Waals surface area contributed by atoms with Crippen LogP contribution in [0.25, 0.3) is 5.65 Å². The Morgan fingerprint density at radius 2 is 1.89 bits per heavy atom. The number of carbonyl (C=O) groups is 1. The summed E-state index contributed by atoms with van der Waals surface area (Å²) in [6.07, 6.45) is 3.23. The van der Waals surface area contributed by atoms with Crippen LogP contribution >= 0.6 is 15.9 Å². The van der Waals surface area contributed by atoms with Crippen LogP contribution < -0.4 is 11.0 Å². The Morgan fingerprint density at radius 3 is 2.67 bits per heavy atom. The molecule has 3 heterocycles. The zero-order valence-electron chi connectivity index (χ0n) is 14.1. The first kappa shape index (κ1) is 17.2. The number of aromatic nitrogens is 5. The second kappa shape index (κ2) is 7.20. The summed E-state index contributed by atoms with van der Waals surface area (Å²) in [4.78, 5) is 24.7. The fraction of sp³-hybridized carbons (Fsp3) is 0.111. The Morgan fingerprint density at radius 1 is 1.07 bits per heavy atom. The highest BCUT2D eigenvalue weighted by Gasteiger charge is 2.12. The molecule has 4 aromatic rings. The lowest BCUT2D eigenvalue weighted by atomic mass is 10.2. The van der Waals surface area contributed by atoms with Crippen molar-refractivity contribution in [3.05, 3.63) is 81.4 Å². The molecule has 0 radical (unpaired) electrons. The first-order valence-corrected chi connectivity index (χ1v) is 9.00. The number of pyridine rings is 1. The van der Waals surface area contributed by atoms with Crippen LogP contribution in [-0.2, 0) is 17.9 Å². The lowest BCUT2D eigenvalue weighted by molar-refractivity contribution is -0.117. The van der Waals surface area contributed by atoms with E-state index < -0.39 is 0 Å². The molecule has 0 fully saturated rings. The zero-order chi connectivity index (χ0) is 18.8. The molecule has 3 aromatic heterocycles. The minimum absolute atomic E-state index is 0.177. The minimum Gasteiger partial charge on any atom is -0.309 e. The Hall–Kier alpha value is -3.20. The van der Waals surface area contributed by atoms with Crippen molar-refractivity contribution in [1.29, 1.82) is 0 Å². The summed E-state index contributed by atoms with van der Waals surface area (Å²) in [6.45, 7) is 0.341. The Balaban J connectivity index is 1.48. The molecule has 9 heteroatoms. The van der Waals surface area contributed by atoms with E-state index in [-0.39, 0.29) is 18.1 Å². The van der Waals surface area contributed by atoms with Gasteiger partial charge in [-0.25, -0.2) is 14.2 Å². The maximum Gasteiger partial charge on any atom is 0.350 e. The van der Waals surface area contributed by atoms with E-state index in [0.717, 1.165) is 14.7 Å². The van der Waals surface area contributed by atoms with E-state index in [0.29, 0.717) is 18.0 Å². The second-order valence-corrected chi connectivity index (χ2v) is 6.83. The summed E-state index contributed by atoms with van der Waals surface area (Å²) in [5.74, 6) is 0.206. The molecule has 1 amide bonds. The number of amides is 1. The van der Waals surface area contributed by atoms with Crippen LogP contribution in [0.5, 0.6) is 0 Å². The smallest absolute Gasteiger partial charge is 0.309 e. The van der Waals surface area contributed by atoms with Crippen molar-refractivity contribution in [2.45, 2.75) is 13.1 Å². The molecule has 8 nitrogen and oxygen atoms in total. The number of nitrogens with zero attached hydrogens (tertiary/aromatic N) is 5. The number of nitrogens with one attached hydrogen (secondary N) is 1. The Bertz CT molecular complexity index is 1160. The van der Waals surface area contributed by atoms with Crippen LogP contribution in [-0.4, -0.2) is 29.9 Å². The number of hydrogen-bond acceptors (Lipinski definition) is 4. The molecule has 1 aromatic carbocycles. The lowest BCUT2D eigenvalue weighted by Crippen LogP contribution is -2.28. The number of benzene rings is 1. The average Bonchev–Trinajstić information content (AvgIpc) is 3.22. The van der Waals surface area contributed by atoms with Gasteiger partial charge in [-0.15, -0.1) is 5.10 Å². The first-order chi connectivity index (χ1) is 13.1. The van der Waals surface area contributed by atoms with Crippen molar-refractivity contribution in [3.63, 3.8) is 0 Å². The Kier molecular flexibility index (Phi) is 4.59. The number of fused-ring (bicyclic) bond motifs is 1. The highest BCUT2D eigenvalue weighted by Crippen LogP contribution is 2.14. The summed E-state index contributed by atoms with van der Waals surface area (Å²) >= 11 is 3.41. The third-order valence-electron chi connectivity index (χ3n) is 4.01. The second-order valence-electron chi connectivity index (χ2n) is 5.92. The summed E-state index contributed by atoms with van der Waals surface area (Å²) in [6, 6.07) is 14.8. The van der Waals surface area contributed by atoms with Gasteiger partial charge in [0, 0.05) is 16.7 Å². The van der Waals surface area contributed by atoms with E-state index >= 15 is 0 Å². The van der Waals surface area contributed by atoms with Gasteiger partial charge in [0.25, 0.3) is 0 Å². The largest absolute Gasteiger partial charge is 0.350 e. The topological polar surface area (TPSA) is 86.2 Å². The van der Waals surface area contributed by atoms with Gasteiger partial charge in [-0.1, -0.05) is 34.1 Å². The van der Waals surface area contributed by atoms with Crippen LogP contribution in [0.2, 0.25) is 0 Å². The molecule has 0 aliphatic carbocycles. The van der Waals surface area contributed by atoms with Gasteiger partial charge < -0.3 is 5.32 Å². The van der Waals surface area contributed by atoms with E-state index in [9.17, 15) is 9.59 Å².